The van der Waals surface area contributed by atoms with Gasteiger partial charge in [-0.3, -0.25) is 9.36 Å². The van der Waals surface area contributed by atoms with Gasteiger partial charge in [-0.25, -0.2) is 9.79 Å². The maximum atomic E-state index is 14.0. The van der Waals surface area contributed by atoms with Gasteiger partial charge in [0.25, 0.3) is 5.56 Å². The van der Waals surface area contributed by atoms with E-state index in [0.717, 1.165) is 25.8 Å². The summed E-state index contributed by atoms with van der Waals surface area (Å²) < 4.78 is 20.4. The summed E-state index contributed by atoms with van der Waals surface area (Å²) >= 11 is 9.64. The Balaban J connectivity index is 1.58. The number of fused-ring (bicyclic) bond motifs is 1. The molecule has 1 aromatic heterocycles. The standard InChI is InChI=1S/C33H30ClIN2O5S/c1-5-40-26-16-22(15-25(35)30(26)42-18-21-8-7-9-24(34)14-21)17-27-31(38)37-29(23-12-10-19(3)11-13-23)28(32(39)41-6-2)20(4)36-33(37)43-27/h7-17,29H,5-6,18H2,1-4H3/b27-17-/t29-/m0/s1. The van der Waals surface area contributed by atoms with Crippen molar-refractivity contribution in [2.75, 3.05) is 13.2 Å². The van der Waals surface area contributed by atoms with Gasteiger partial charge in [0, 0.05) is 5.02 Å². The van der Waals surface area contributed by atoms with Gasteiger partial charge in [0.05, 0.1) is 38.6 Å². The Hall–Kier alpha value is -3.41. The van der Waals surface area contributed by atoms with Crippen molar-refractivity contribution in [3.63, 3.8) is 0 Å². The lowest BCUT2D eigenvalue weighted by Crippen LogP contribution is -2.39. The minimum absolute atomic E-state index is 0.222. The number of carbonyl (C=O) groups excluding carboxylic acids is 1. The van der Waals surface area contributed by atoms with Crippen LogP contribution < -0.4 is 24.4 Å². The third kappa shape index (κ3) is 6.73. The maximum absolute atomic E-state index is 14.0. The first-order valence-corrected chi connectivity index (χ1v) is 16.1. The van der Waals surface area contributed by atoms with Crippen LogP contribution in [-0.4, -0.2) is 23.8 Å². The number of halogens is 2. The normalized spacial score (nSPS) is 14.7. The summed E-state index contributed by atoms with van der Waals surface area (Å²) in [5.41, 5.74) is 4.26. The number of benzene rings is 3. The molecule has 1 aliphatic rings. The number of allylic oxidation sites excluding steroid dienone is 1. The van der Waals surface area contributed by atoms with Crippen molar-refractivity contribution < 1.29 is 19.0 Å². The summed E-state index contributed by atoms with van der Waals surface area (Å²) in [7, 11) is 0. The molecule has 7 nitrogen and oxygen atoms in total. The van der Waals surface area contributed by atoms with Crippen LogP contribution in [0.2, 0.25) is 5.02 Å². The topological polar surface area (TPSA) is 79.1 Å². The summed E-state index contributed by atoms with van der Waals surface area (Å²) in [6, 6.07) is 18.5. The fourth-order valence-electron chi connectivity index (χ4n) is 4.86. The number of thiazole rings is 1. The van der Waals surface area contributed by atoms with E-state index in [1.165, 1.54) is 11.3 Å². The highest BCUT2D eigenvalue weighted by Crippen LogP contribution is 2.35. The summed E-state index contributed by atoms with van der Waals surface area (Å²) in [6.07, 6.45) is 1.82. The molecular formula is C33H30ClIN2O5S. The molecule has 10 heteroatoms. The summed E-state index contributed by atoms with van der Waals surface area (Å²) in [5, 5.41) is 0.645. The molecular weight excluding hydrogens is 699 g/mol. The number of nitrogens with zero attached hydrogens (tertiary/aromatic N) is 2. The molecule has 3 aromatic carbocycles. The molecule has 0 saturated heterocycles. The lowest BCUT2D eigenvalue weighted by Gasteiger charge is -2.24. The highest BCUT2D eigenvalue weighted by Gasteiger charge is 2.33. The van der Waals surface area contributed by atoms with Crippen molar-refractivity contribution in [2.45, 2.75) is 40.3 Å². The number of hydrogen-bond acceptors (Lipinski definition) is 7. The average Bonchev–Trinajstić information content (AvgIpc) is 3.26. The Morgan fingerprint density at radius 1 is 1.07 bits per heavy atom. The number of aromatic nitrogens is 1. The van der Waals surface area contributed by atoms with Gasteiger partial charge in [-0.05, 0) is 97.3 Å². The van der Waals surface area contributed by atoms with Crippen molar-refractivity contribution in [3.8, 4) is 11.5 Å². The van der Waals surface area contributed by atoms with Crippen LogP contribution in [0.15, 0.2) is 81.7 Å². The molecule has 4 aromatic rings. The minimum atomic E-state index is -0.653. The Kier molecular flexibility index (Phi) is 9.73. The van der Waals surface area contributed by atoms with Crippen LogP contribution in [0, 0.1) is 10.5 Å². The van der Waals surface area contributed by atoms with E-state index >= 15 is 0 Å². The summed E-state index contributed by atoms with van der Waals surface area (Å²) in [4.78, 5) is 32.3. The predicted molar refractivity (Wildman–Crippen MR) is 178 cm³/mol. The Bertz CT molecular complexity index is 1900. The maximum Gasteiger partial charge on any atom is 0.338 e. The van der Waals surface area contributed by atoms with Crippen LogP contribution in [0.5, 0.6) is 11.5 Å². The third-order valence-electron chi connectivity index (χ3n) is 6.81. The molecule has 0 N–H and O–H groups in total. The molecule has 0 radical (unpaired) electrons. The fourth-order valence-corrected chi connectivity index (χ4v) is 6.90. The van der Waals surface area contributed by atoms with Crippen LogP contribution >= 0.6 is 45.5 Å². The van der Waals surface area contributed by atoms with Crippen molar-refractivity contribution in [3.05, 3.63) is 122 Å². The van der Waals surface area contributed by atoms with Gasteiger partial charge >= 0.3 is 5.97 Å². The van der Waals surface area contributed by atoms with Gasteiger partial charge in [0.1, 0.15) is 6.61 Å². The number of hydrogen-bond donors (Lipinski definition) is 0. The van der Waals surface area contributed by atoms with E-state index in [4.69, 9.17) is 25.8 Å². The number of aryl methyl sites for hydroxylation is 1. The smallest absolute Gasteiger partial charge is 0.338 e. The number of ether oxygens (including phenoxy) is 3. The van der Waals surface area contributed by atoms with Gasteiger partial charge in [-0.2, -0.15) is 0 Å². The van der Waals surface area contributed by atoms with E-state index in [0.29, 0.717) is 50.3 Å². The van der Waals surface area contributed by atoms with Crippen LogP contribution in [-0.2, 0) is 16.1 Å². The molecule has 1 aliphatic heterocycles. The van der Waals surface area contributed by atoms with Crippen molar-refractivity contribution in [1.29, 1.82) is 0 Å². The van der Waals surface area contributed by atoms with E-state index in [1.807, 2.05) is 80.6 Å². The molecule has 0 saturated carbocycles. The molecule has 0 bridgehead atoms. The van der Waals surface area contributed by atoms with Crippen molar-refractivity contribution in [2.24, 2.45) is 4.99 Å². The van der Waals surface area contributed by atoms with Crippen LogP contribution in [0.3, 0.4) is 0 Å². The van der Waals surface area contributed by atoms with Crippen LogP contribution in [0.25, 0.3) is 6.08 Å². The first kappa shape index (κ1) is 31.0. The molecule has 0 amide bonds. The van der Waals surface area contributed by atoms with Crippen molar-refractivity contribution in [1.82, 2.24) is 4.57 Å². The average molecular weight is 729 g/mol. The molecule has 0 fully saturated rings. The van der Waals surface area contributed by atoms with Crippen molar-refractivity contribution >= 4 is 57.6 Å². The van der Waals surface area contributed by atoms with Gasteiger partial charge in [0.2, 0.25) is 0 Å². The van der Waals surface area contributed by atoms with Gasteiger partial charge in [-0.15, -0.1) is 0 Å². The summed E-state index contributed by atoms with van der Waals surface area (Å²) in [6.45, 7) is 8.44. The molecule has 1 atom stereocenters. The predicted octanol–water partition coefficient (Wildman–Crippen LogP) is 6.34. The zero-order valence-corrected chi connectivity index (χ0v) is 27.9. The summed E-state index contributed by atoms with van der Waals surface area (Å²) in [5.74, 6) is 0.719. The van der Waals surface area contributed by atoms with E-state index < -0.39 is 12.0 Å². The van der Waals surface area contributed by atoms with Gasteiger partial charge in [0.15, 0.2) is 16.3 Å². The molecule has 222 valence electrons. The fraction of sp³-hybridized carbons (Fsp3) is 0.242. The SMILES string of the molecule is CCOC(=O)C1=C(C)N=c2s/c(=C\c3cc(I)c(OCc4cccc(Cl)c4)c(OCC)c3)c(=O)n2[C@H]1c1ccc(C)cc1. The molecule has 0 aliphatic carbocycles. The van der Waals surface area contributed by atoms with Gasteiger partial charge < -0.3 is 14.2 Å². The number of rotatable bonds is 9. The number of esters is 1. The second-order valence-corrected chi connectivity index (χ2v) is 12.5. The lowest BCUT2D eigenvalue weighted by atomic mass is 9.95. The van der Waals surface area contributed by atoms with E-state index in [2.05, 4.69) is 27.6 Å². The molecule has 2 heterocycles. The zero-order valence-electron chi connectivity index (χ0n) is 24.1. The zero-order chi connectivity index (χ0) is 30.7. The lowest BCUT2D eigenvalue weighted by molar-refractivity contribution is -0.139. The molecule has 0 spiro atoms. The van der Waals surface area contributed by atoms with E-state index in [-0.39, 0.29) is 12.2 Å². The largest absolute Gasteiger partial charge is 0.490 e. The highest BCUT2D eigenvalue weighted by atomic mass is 127. The van der Waals surface area contributed by atoms with Crippen LogP contribution in [0.4, 0.5) is 0 Å². The Labute approximate surface area is 272 Å². The first-order chi connectivity index (χ1) is 20.7. The number of carbonyl (C=O) groups is 1. The molecule has 5 rings (SSSR count). The van der Waals surface area contributed by atoms with E-state index in [9.17, 15) is 9.59 Å². The Morgan fingerprint density at radius 3 is 2.53 bits per heavy atom. The van der Waals surface area contributed by atoms with Crippen LogP contribution in [0.1, 0.15) is 49.1 Å². The van der Waals surface area contributed by atoms with Gasteiger partial charge in [-0.1, -0.05) is 64.9 Å². The molecule has 43 heavy (non-hydrogen) atoms. The monoisotopic (exact) mass is 728 g/mol. The quantitative estimate of drug-likeness (QED) is 0.149. The molecule has 0 unspecified atom stereocenters. The Morgan fingerprint density at radius 2 is 1.84 bits per heavy atom. The highest BCUT2D eigenvalue weighted by molar-refractivity contribution is 14.1. The van der Waals surface area contributed by atoms with E-state index in [1.54, 1.807) is 18.4 Å². The minimum Gasteiger partial charge on any atom is -0.490 e. The second kappa shape index (κ2) is 13.5. The second-order valence-electron chi connectivity index (χ2n) is 9.89. The first-order valence-electron chi connectivity index (χ1n) is 13.8. The third-order valence-corrected chi connectivity index (χ3v) is 8.83.